The summed E-state index contributed by atoms with van der Waals surface area (Å²) >= 11 is 0. The monoisotopic (exact) mass is 309 g/mol. The molecular formula is C14H19N3O3S. The Kier molecular flexibility index (Phi) is 5.88. The van der Waals surface area contributed by atoms with Gasteiger partial charge in [-0.2, -0.15) is 9.98 Å². The normalized spacial score (nSPS) is 12.5. The molecule has 114 valence electrons. The Balaban J connectivity index is 2.95. The fourth-order valence-electron chi connectivity index (χ4n) is 1.89. The smallest absolute Gasteiger partial charge is 0.241 e. The van der Waals surface area contributed by atoms with Gasteiger partial charge < -0.3 is 4.90 Å². The molecule has 0 radical (unpaired) electrons. The van der Waals surface area contributed by atoms with Crippen molar-refractivity contribution in [3.05, 3.63) is 29.8 Å². The summed E-state index contributed by atoms with van der Waals surface area (Å²) in [6.45, 7) is 6.21. The number of hydrogen-bond acceptors (Lipinski definition) is 4. The molecule has 7 heteroatoms. The van der Waals surface area contributed by atoms with E-state index in [1.165, 1.54) is 31.2 Å². The zero-order valence-electron chi connectivity index (χ0n) is 12.3. The Morgan fingerprint density at radius 3 is 2.52 bits per heavy atom. The standard InChI is InChI=1S/C14H19N3O3S/c1-4-17(5-2)14(18)11(3)16-21(19,20)13-8-6-7-12(9-13)10-15/h6-9,11,16H,4-5H2,1-3H3. The average Bonchev–Trinajstić information content (AvgIpc) is 2.48. The number of sulfonamides is 1. The molecule has 0 aliphatic carbocycles. The zero-order chi connectivity index (χ0) is 16.0. The van der Waals surface area contributed by atoms with Crippen LogP contribution >= 0.6 is 0 Å². The largest absolute Gasteiger partial charge is 0.342 e. The second-order valence-corrected chi connectivity index (χ2v) is 6.21. The predicted octanol–water partition coefficient (Wildman–Crippen LogP) is 1.09. The van der Waals surface area contributed by atoms with E-state index in [1.54, 1.807) is 4.90 Å². The summed E-state index contributed by atoms with van der Waals surface area (Å²) in [6, 6.07) is 6.69. The number of carbonyl (C=O) groups is 1. The van der Waals surface area contributed by atoms with Crippen molar-refractivity contribution in [3.8, 4) is 6.07 Å². The van der Waals surface area contributed by atoms with E-state index in [0.717, 1.165) is 0 Å². The minimum atomic E-state index is -3.84. The van der Waals surface area contributed by atoms with Crippen molar-refractivity contribution in [2.45, 2.75) is 31.7 Å². The van der Waals surface area contributed by atoms with Gasteiger partial charge in [-0.3, -0.25) is 4.79 Å². The molecule has 1 aromatic carbocycles. The molecule has 0 saturated carbocycles. The van der Waals surface area contributed by atoms with Gasteiger partial charge in [-0.05, 0) is 39.0 Å². The third-order valence-corrected chi connectivity index (χ3v) is 4.59. The van der Waals surface area contributed by atoms with Gasteiger partial charge in [-0.1, -0.05) is 6.07 Å². The molecule has 1 unspecified atom stereocenters. The van der Waals surface area contributed by atoms with Gasteiger partial charge in [0.25, 0.3) is 0 Å². The molecule has 0 aliphatic heterocycles. The lowest BCUT2D eigenvalue weighted by atomic mass is 10.2. The maximum Gasteiger partial charge on any atom is 0.241 e. The lowest BCUT2D eigenvalue weighted by Gasteiger charge is -2.23. The van der Waals surface area contributed by atoms with E-state index in [4.69, 9.17) is 5.26 Å². The van der Waals surface area contributed by atoms with E-state index in [9.17, 15) is 13.2 Å². The van der Waals surface area contributed by atoms with E-state index in [-0.39, 0.29) is 16.4 Å². The number of amides is 1. The van der Waals surface area contributed by atoms with Gasteiger partial charge in [-0.25, -0.2) is 8.42 Å². The van der Waals surface area contributed by atoms with Crippen LogP contribution in [0.15, 0.2) is 29.2 Å². The molecule has 0 aromatic heterocycles. The third kappa shape index (κ3) is 4.28. The van der Waals surface area contributed by atoms with Crippen LogP contribution in [-0.4, -0.2) is 38.4 Å². The van der Waals surface area contributed by atoms with Crippen LogP contribution in [0.5, 0.6) is 0 Å². The molecule has 0 bridgehead atoms. The Bertz CT molecular complexity index is 646. The molecule has 1 aromatic rings. The molecule has 0 fully saturated rings. The summed E-state index contributed by atoms with van der Waals surface area (Å²) in [6.07, 6.45) is 0. The first-order valence-corrected chi connectivity index (χ1v) is 8.15. The lowest BCUT2D eigenvalue weighted by Crippen LogP contribution is -2.46. The first-order valence-electron chi connectivity index (χ1n) is 6.67. The summed E-state index contributed by atoms with van der Waals surface area (Å²) in [4.78, 5) is 13.6. The molecule has 0 saturated heterocycles. The topological polar surface area (TPSA) is 90.3 Å². The van der Waals surface area contributed by atoms with Crippen LogP contribution in [0.3, 0.4) is 0 Å². The van der Waals surface area contributed by atoms with Crippen LogP contribution < -0.4 is 4.72 Å². The molecule has 1 N–H and O–H groups in total. The highest BCUT2D eigenvalue weighted by Gasteiger charge is 2.24. The average molecular weight is 309 g/mol. The van der Waals surface area contributed by atoms with Crippen molar-refractivity contribution in [2.75, 3.05) is 13.1 Å². The number of likely N-dealkylation sites (N-methyl/N-ethyl adjacent to an activating group) is 1. The van der Waals surface area contributed by atoms with Gasteiger partial charge in [0.2, 0.25) is 15.9 Å². The van der Waals surface area contributed by atoms with Crippen LogP contribution in [0.2, 0.25) is 0 Å². The van der Waals surface area contributed by atoms with Gasteiger partial charge in [0.1, 0.15) is 0 Å². The molecule has 0 aliphatic rings. The zero-order valence-corrected chi connectivity index (χ0v) is 13.1. The van der Waals surface area contributed by atoms with E-state index in [0.29, 0.717) is 13.1 Å². The van der Waals surface area contributed by atoms with Gasteiger partial charge in [0.15, 0.2) is 0 Å². The SMILES string of the molecule is CCN(CC)C(=O)C(C)NS(=O)(=O)c1cccc(C#N)c1. The summed E-state index contributed by atoms with van der Waals surface area (Å²) in [5.41, 5.74) is 0.251. The number of nitrogens with one attached hydrogen (secondary N) is 1. The van der Waals surface area contributed by atoms with Gasteiger partial charge >= 0.3 is 0 Å². The third-order valence-electron chi connectivity index (χ3n) is 3.05. The first-order chi connectivity index (χ1) is 9.85. The van der Waals surface area contributed by atoms with E-state index in [1.807, 2.05) is 19.9 Å². The number of rotatable bonds is 6. The van der Waals surface area contributed by atoms with Crippen LogP contribution in [0.25, 0.3) is 0 Å². The van der Waals surface area contributed by atoms with Crippen LogP contribution in [0.1, 0.15) is 26.3 Å². The molecule has 0 spiro atoms. The second kappa shape index (κ2) is 7.20. The molecule has 1 amide bonds. The van der Waals surface area contributed by atoms with Gasteiger partial charge in [0, 0.05) is 13.1 Å². The number of nitrogens with zero attached hydrogens (tertiary/aromatic N) is 2. The Morgan fingerprint density at radius 1 is 1.38 bits per heavy atom. The van der Waals surface area contributed by atoms with E-state index in [2.05, 4.69) is 4.72 Å². The fraction of sp³-hybridized carbons (Fsp3) is 0.429. The molecule has 6 nitrogen and oxygen atoms in total. The summed E-state index contributed by atoms with van der Waals surface area (Å²) in [5, 5.41) is 8.81. The minimum absolute atomic E-state index is 0.0271. The summed E-state index contributed by atoms with van der Waals surface area (Å²) in [5.74, 6) is -0.278. The van der Waals surface area contributed by atoms with Crippen LogP contribution in [-0.2, 0) is 14.8 Å². The Labute approximate surface area is 125 Å². The Hall–Kier alpha value is -1.91. The van der Waals surface area contributed by atoms with Crippen molar-refractivity contribution >= 4 is 15.9 Å². The summed E-state index contributed by atoms with van der Waals surface area (Å²) < 4.78 is 26.8. The number of carbonyl (C=O) groups excluding carboxylic acids is 1. The molecule has 21 heavy (non-hydrogen) atoms. The number of benzene rings is 1. The highest BCUT2D eigenvalue weighted by Crippen LogP contribution is 2.12. The van der Waals surface area contributed by atoms with Gasteiger partial charge in [0.05, 0.1) is 22.6 Å². The van der Waals surface area contributed by atoms with Crippen molar-refractivity contribution in [1.82, 2.24) is 9.62 Å². The predicted molar refractivity (Wildman–Crippen MR) is 78.9 cm³/mol. The Morgan fingerprint density at radius 2 is 2.00 bits per heavy atom. The lowest BCUT2D eigenvalue weighted by molar-refractivity contribution is -0.132. The summed E-state index contributed by atoms with van der Waals surface area (Å²) in [7, 11) is -3.84. The minimum Gasteiger partial charge on any atom is -0.342 e. The fourth-order valence-corrected chi connectivity index (χ4v) is 3.14. The van der Waals surface area contributed by atoms with E-state index >= 15 is 0 Å². The van der Waals surface area contributed by atoms with Crippen LogP contribution in [0.4, 0.5) is 0 Å². The number of nitriles is 1. The highest BCUT2D eigenvalue weighted by molar-refractivity contribution is 7.89. The molecular weight excluding hydrogens is 290 g/mol. The molecule has 1 atom stereocenters. The van der Waals surface area contributed by atoms with Crippen LogP contribution in [0, 0.1) is 11.3 Å². The first kappa shape index (κ1) is 17.1. The molecule has 0 heterocycles. The quantitative estimate of drug-likeness (QED) is 0.851. The number of hydrogen-bond donors (Lipinski definition) is 1. The maximum atomic E-state index is 12.2. The second-order valence-electron chi connectivity index (χ2n) is 4.49. The maximum absolute atomic E-state index is 12.2. The van der Waals surface area contributed by atoms with Crippen molar-refractivity contribution in [1.29, 1.82) is 5.26 Å². The molecule has 1 rings (SSSR count). The highest BCUT2D eigenvalue weighted by atomic mass is 32.2. The van der Waals surface area contributed by atoms with Crippen molar-refractivity contribution in [3.63, 3.8) is 0 Å². The van der Waals surface area contributed by atoms with E-state index < -0.39 is 16.1 Å². The van der Waals surface area contributed by atoms with Gasteiger partial charge in [-0.15, -0.1) is 0 Å². The van der Waals surface area contributed by atoms with Crippen molar-refractivity contribution < 1.29 is 13.2 Å². The van der Waals surface area contributed by atoms with Crippen molar-refractivity contribution in [2.24, 2.45) is 0 Å².